The van der Waals surface area contributed by atoms with Crippen LogP contribution < -0.4 is 5.73 Å². The first-order valence-corrected chi connectivity index (χ1v) is 6.00. The van der Waals surface area contributed by atoms with E-state index in [2.05, 4.69) is 30.9 Å². The average molecular weight is 307 g/mol. The first-order chi connectivity index (χ1) is 8.61. The van der Waals surface area contributed by atoms with E-state index in [0.717, 1.165) is 5.52 Å². The van der Waals surface area contributed by atoms with E-state index in [9.17, 15) is 4.39 Å². The Kier molecular flexibility index (Phi) is 2.52. The van der Waals surface area contributed by atoms with Crippen molar-refractivity contribution in [1.29, 1.82) is 0 Å². The van der Waals surface area contributed by atoms with E-state index >= 15 is 0 Å². The van der Waals surface area contributed by atoms with Gasteiger partial charge in [0.15, 0.2) is 5.65 Å². The van der Waals surface area contributed by atoms with Gasteiger partial charge in [-0.05, 0) is 30.3 Å². The van der Waals surface area contributed by atoms with Crippen LogP contribution in [0.1, 0.15) is 0 Å². The summed E-state index contributed by atoms with van der Waals surface area (Å²) in [4.78, 5) is 11.5. The Labute approximate surface area is 110 Å². The molecule has 3 N–H and O–H groups in total. The van der Waals surface area contributed by atoms with Crippen molar-refractivity contribution in [2.24, 2.45) is 0 Å². The molecule has 2 heterocycles. The molecule has 0 unspecified atom stereocenters. The zero-order valence-corrected chi connectivity index (χ0v) is 10.7. The minimum atomic E-state index is -0.327. The van der Waals surface area contributed by atoms with Crippen LogP contribution in [0.15, 0.2) is 34.8 Å². The molecule has 0 atom stereocenters. The number of nitrogens with zero attached hydrogens (tertiary/aromatic N) is 2. The number of aromatic nitrogens is 3. The maximum Gasteiger partial charge on any atom is 0.180 e. The molecule has 0 aliphatic rings. The Bertz CT molecular complexity index is 718. The summed E-state index contributed by atoms with van der Waals surface area (Å²) in [5, 5.41) is 0. The quantitative estimate of drug-likeness (QED) is 0.726. The van der Waals surface area contributed by atoms with E-state index in [1.807, 2.05) is 0 Å². The Morgan fingerprint density at radius 1 is 1.17 bits per heavy atom. The van der Waals surface area contributed by atoms with Crippen molar-refractivity contribution in [1.82, 2.24) is 15.0 Å². The van der Waals surface area contributed by atoms with Crippen LogP contribution >= 0.6 is 15.9 Å². The lowest BCUT2D eigenvalue weighted by Gasteiger charge is -1.98. The summed E-state index contributed by atoms with van der Waals surface area (Å²) in [5.74, 6) is 0.636. The van der Waals surface area contributed by atoms with Crippen LogP contribution in [0.4, 0.5) is 10.2 Å². The van der Waals surface area contributed by atoms with Gasteiger partial charge in [-0.15, -0.1) is 0 Å². The monoisotopic (exact) mass is 306 g/mol. The Morgan fingerprint density at radius 3 is 2.78 bits per heavy atom. The van der Waals surface area contributed by atoms with Gasteiger partial charge in [0.2, 0.25) is 0 Å². The van der Waals surface area contributed by atoms with Crippen LogP contribution in [-0.4, -0.2) is 15.0 Å². The molecule has 0 radical (unpaired) electrons. The minimum Gasteiger partial charge on any atom is -0.384 e. The Hall–Kier alpha value is -1.95. The number of pyridine rings is 1. The van der Waals surface area contributed by atoms with Crippen molar-refractivity contribution in [3.8, 4) is 11.4 Å². The molecule has 0 bridgehead atoms. The zero-order valence-electron chi connectivity index (χ0n) is 9.11. The maximum atomic E-state index is 13.3. The molecule has 0 aliphatic carbocycles. The summed E-state index contributed by atoms with van der Waals surface area (Å²) >= 11 is 3.25. The number of hydrogen-bond acceptors (Lipinski definition) is 3. The highest BCUT2D eigenvalue weighted by Crippen LogP contribution is 2.24. The van der Waals surface area contributed by atoms with E-state index < -0.39 is 0 Å². The highest BCUT2D eigenvalue weighted by Gasteiger charge is 2.08. The molecule has 3 rings (SSSR count). The van der Waals surface area contributed by atoms with Gasteiger partial charge in [-0.1, -0.05) is 15.9 Å². The predicted molar refractivity (Wildman–Crippen MR) is 71.4 cm³/mol. The lowest BCUT2D eigenvalue weighted by molar-refractivity contribution is 0.627. The number of nitrogens with two attached hydrogens (primary N) is 1. The summed E-state index contributed by atoms with van der Waals surface area (Å²) in [6, 6.07) is 8.06. The summed E-state index contributed by atoms with van der Waals surface area (Å²) in [5.41, 5.74) is 7.52. The van der Waals surface area contributed by atoms with E-state index in [4.69, 9.17) is 5.73 Å². The third-order valence-electron chi connectivity index (χ3n) is 2.50. The van der Waals surface area contributed by atoms with Crippen LogP contribution in [-0.2, 0) is 0 Å². The number of H-pyrrole nitrogens is 1. The molecule has 3 aromatic rings. The molecule has 0 saturated carbocycles. The molecule has 90 valence electrons. The molecule has 4 nitrogen and oxygen atoms in total. The molecule has 0 fully saturated rings. The van der Waals surface area contributed by atoms with Crippen molar-refractivity contribution in [3.63, 3.8) is 0 Å². The first kappa shape index (κ1) is 11.2. The number of fused-ring (bicyclic) bond motifs is 1. The van der Waals surface area contributed by atoms with E-state index in [-0.39, 0.29) is 5.82 Å². The van der Waals surface area contributed by atoms with Crippen LogP contribution in [0.3, 0.4) is 0 Å². The SMILES string of the molecule is Nc1ccc2[nH]c(-c3cc(F)cc(Br)c3)nc2n1. The molecule has 1 aromatic carbocycles. The number of nitrogens with one attached hydrogen (secondary N) is 1. The maximum absolute atomic E-state index is 13.3. The van der Waals surface area contributed by atoms with Gasteiger partial charge in [0.05, 0.1) is 5.52 Å². The molecule has 2 aromatic heterocycles. The number of aromatic amines is 1. The normalized spacial score (nSPS) is 11.0. The third kappa shape index (κ3) is 1.95. The zero-order chi connectivity index (χ0) is 12.7. The summed E-state index contributed by atoms with van der Waals surface area (Å²) < 4.78 is 14.0. The van der Waals surface area contributed by atoms with E-state index in [1.165, 1.54) is 12.1 Å². The van der Waals surface area contributed by atoms with E-state index in [0.29, 0.717) is 27.3 Å². The van der Waals surface area contributed by atoms with Gasteiger partial charge in [-0.2, -0.15) is 0 Å². The van der Waals surface area contributed by atoms with Crippen LogP contribution in [0.25, 0.3) is 22.6 Å². The minimum absolute atomic E-state index is 0.327. The molecule has 0 amide bonds. The van der Waals surface area contributed by atoms with Gasteiger partial charge < -0.3 is 10.7 Å². The number of nitrogen functional groups attached to an aromatic ring is 1. The smallest absolute Gasteiger partial charge is 0.180 e. The fourth-order valence-corrected chi connectivity index (χ4v) is 2.20. The van der Waals surface area contributed by atoms with Crippen LogP contribution in [0.2, 0.25) is 0 Å². The third-order valence-corrected chi connectivity index (χ3v) is 2.96. The van der Waals surface area contributed by atoms with Crippen molar-refractivity contribution in [2.45, 2.75) is 0 Å². The van der Waals surface area contributed by atoms with Gasteiger partial charge in [-0.25, -0.2) is 14.4 Å². The fraction of sp³-hybridized carbons (Fsp3) is 0. The highest BCUT2D eigenvalue weighted by molar-refractivity contribution is 9.10. The topological polar surface area (TPSA) is 67.6 Å². The second-order valence-electron chi connectivity index (χ2n) is 3.85. The Balaban J connectivity index is 2.19. The molecule has 0 spiro atoms. The number of anilines is 1. The Morgan fingerprint density at radius 2 is 2.00 bits per heavy atom. The first-order valence-electron chi connectivity index (χ1n) is 5.20. The lowest BCUT2D eigenvalue weighted by Crippen LogP contribution is -1.88. The summed E-state index contributed by atoms with van der Waals surface area (Å²) in [6.45, 7) is 0. The van der Waals surface area contributed by atoms with Crippen molar-refractivity contribution < 1.29 is 4.39 Å². The molecular weight excluding hydrogens is 299 g/mol. The highest BCUT2D eigenvalue weighted by atomic mass is 79.9. The second-order valence-corrected chi connectivity index (χ2v) is 4.77. The van der Waals surface area contributed by atoms with Crippen molar-refractivity contribution in [3.05, 3.63) is 40.6 Å². The summed E-state index contributed by atoms with van der Waals surface area (Å²) in [7, 11) is 0. The number of hydrogen-bond donors (Lipinski definition) is 2. The predicted octanol–water partition coefficient (Wildman–Crippen LogP) is 3.11. The van der Waals surface area contributed by atoms with Gasteiger partial charge in [0, 0.05) is 10.0 Å². The number of rotatable bonds is 1. The molecule has 18 heavy (non-hydrogen) atoms. The second kappa shape index (κ2) is 4.06. The molecule has 6 heteroatoms. The molecule has 0 aliphatic heterocycles. The van der Waals surface area contributed by atoms with Crippen molar-refractivity contribution >= 4 is 32.9 Å². The van der Waals surface area contributed by atoms with Gasteiger partial charge in [0.25, 0.3) is 0 Å². The number of imidazole rings is 1. The van der Waals surface area contributed by atoms with Gasteiger partial charge in [-0.3, -0.25) is 0 Å². The van der Waals surface area contributed by atoms with Gasteiger partial charge >= 0.3 is 0 Å². The number of benzene rings is 1. The number of halogens is 2. The average Bonchev–Trinajstić information content (AvgIpc) is 2.70. The van der Waals surface area contributed by atoms with Gasteiger partial charge in [0.1, 0.15) is 17.5 Å². The lowest BCUT2D eigenvalue weighted by atomic mass is 10.2. The standard InChI is InChI=1S/C12H8BrFN4/c13-7-3-6(4-8(14)5-7)11-16-9-1-2-10(15)17-12(9)18-11/h1-5H,(H3,15,16,17,18). The van der Waals surface area contributed by atoms with Crippen molar-refractivity contribution in [2.75, 3.05) is 5.73 Å². The van der Waals surface area contributed by atoms with E-state index in [1.54, 1.807) is 18.2 Å². The van der Waals surface area contributed by atoms with Crippen LogP contribution in [0.5, 0.6) is 0 Å². The van der Waals surface area contributed by atoms with Crippen LogP contribution in [0, 0.1) is 5.82 Å². The summed E-state index contributed by atoms with van der Waals surface area (Å²) in [6.07, 6.45) is 0. The molecule has 0 saturated heterocycles. The molecular formula is C12H8BrFN4. The largest absolute Gasteiger partial charge is 0.384 e. The fourth-order valence-electron chi connectivity index (χ4n) is 1.73.